The van der Waals surface area contributed by atoms with Crippen LogP contribution in [0.2, 0.25) is 0 Å². The van der Waals surface area contributed by atoms with Crippen molar-refractivity contribution in [2.45, 2.75) is 45.3 Å². The maximum atomic E-state index is 5.66. The van der Waals surface area contributed by atoms with Crippen LogP contribution in [0, 0.1) is 6.92 Å². The van der Waals surface area contributed by atoms with Crippen LogP contribution in [0.15, 0.2) is 24.3 Å². The number of hydrogen-bond acceptors (Lipinski definition) is 3. The molecule has 112 valence electrons. The maximum Gasteiger partial charge on any atom is 0.0809 e. The van der Waals surface area contributed by atoms with Crippen molar-refractivity contribution >= 4 is 0 Å². The normalized spacial score (nSPS) is 20.2. The minimum absolute atomic E-state index is 0.342. The van der Waals surface area contributed by atoms with Gasteiger partial charge in [0.2, 0.25) is 0 Å². The molecule has 1 saturated heterocycles. The van der Waals surface area contributed by atoms with E-state index in [0.717, 1.165) is 39.2 Å². The minimum atomic E-state index is 0.342. The molecule has 0 spiro atoms. The fourth-order valence-electron chi connectivity index (χ4n) is 2.46. The number of rotatable bonds is 8. The second-order valence-corrected chi connectivity index (χ2v) is 5.65. The Kier molecular flexibility index (Phi) is 6.51. The van der Waals surface area contributed by atoms with E-state index in [4.69, 9.17) is 9.47 Å². The van der Waals surface area contributed by atoms with Gasteiger partial charge in [0.1, 0.15) is 0 Å². The lowest BCUT2D eigenvalue weighted by Gasteiger charge is -2.15. The van der Waals surface area contributed by atoms with E-state index in [9.17, 15) is 0 Å². The molecule has 1 heterocycles. The summed E-state index contributed by atoms with van der Waals surface area (Å²) in [4.78, 5) is 0. The van der Waals surface area contributed by atoms with Crippen LogP contribution in [0.1, 0.15) is 43.4 Å². The summed E-state index contributed by atoms with van der Waals surface area (Å²) in [7, 11) is 0. The molecule has 0 aliphatic carbocycles. The van der Waals surface area contributed by atoms with Gasteiger partial charge in [0.05, 0.1) is 12.7 Å². The fourth-order valence-corrected chi connectivity index (χ4v) is 2.46. The van der Waals surface area contributed by atoms with Crippen LogP contribution in [0.4, 0.5) is 0 Å². The van der Waals surface area contributed by atoms with Gasteiger partial charge < -0.3 is 14.8 Å². The quantitative estimate of drug-likeness (QED) is 0.740. The van der Waals surface area contributed by atoms with E-state index in [2.05, 4.69) is 43.4 Å². The van der Waals surface area contributed by atoms with Gasteiger partial charge in [0, 0.05) is 19.3 Å². The van der Waals surface area contributed by atoms with Gasteiger partial charge in [-0.25, -0.2) is 0 Å². The highest BCUT2D eigenvalue weighted by Gasteiger charge is 2.14. The van der Waals surface area contributed by atoms with Gasteiger partial charge >= 0.3 is 0 Å². The van der Waals surface area contributed by atoms with E-state index in [1.54, 1.807) is 0 Å². The van der Waals surface area contributed by atoms with Crippen molar-refractivity contribution in [3.05, 3.63) is 35.4 Å². The van der Waals surface area contributed by atoms with E-state index >= 15 is 0 Å². The first-order valence-corrected chi connectivity index (χ1v) is 7.75. The van der Waals surface area contributed by atoms with Gasteiger partial charge in [-0.2, -0.15) is 0 Å². The predicted octanol–water partition coefficient (Wildman–Crippen LogP) is 3.23. The Balaban J connectivity index is 1.52. The summed E-state index contributed by atoms with van der Waals surface area (Å²) in [6.45, 7) is 7.79. The largest absolute Gasteiger partial charge is 0.379 e. The van der Waals surface area contributed by atoms with Gasteiger partial charge in [-0.15, -0.1) is 0 Å². The second kappa shape index (κ2) is 8.40. The van der Waals surface area contributed by atoms with E-state index in [0.29, 0.717) is 12.1 Å². The molecule has 1 aliphatic rings. The zero-order valence-corrected chi connectivity index (χ0v) is 12.7. The summed E-state index contributed by atoms with van der Waals surface area (Å²) >= 11 is 0. The van der Waals surface area contributed by atoms with E-state index in [1.807, 2.05) is 0 Å². The van der Waals surface area contributed by atoms with Crippen LogP contribution >= 0.6 is 0 Å². The first kappa shape index (κ1) is 15.5. The Hall–Kier alpha value is -0.900. The lowest BCUT2D eigenvalue weighted by molar-refractivity contribution is 0.0165. The Morgan fingerprint density at radius 1 is 1.35 bits per heavy atom. The molecule has 2 atom stereocenters. The van der Waals surface area contributed by atoms with E-state index in [-0.39, 0.29) is 0 Å². The van der Waals surface area contributed by atoms with Crippen LogP contribution < -0.4 is 5.32 Å². The lowest BCUT2D eigenvalue weighted by atomic mass is 10.1. The molecule has 20 heavy (non-hydrogen) atoms. The highest BCUT2D eigenvalue weighted by atomic mass is 16.5. The van der Waals surface area contributed by atoms with Crippen molar-refractivity contribution in [3.63, 3.8) is 0 Å². The second-order valence-electron chi connectivity index (χ2n) is 5.65. The molecule has 0 bridgehead atoms. The van der Waals surface area contributed by atoms with Crippen molar-refractivity contribution < 1.29 is 9.47 Å². The summed E-state index contributed by atoms with van der Waals surface area (Å²) in [6, 6.07) is 9.12. The summed E-state index contributed by atoms with van der Waals surface area (Å²) in [5.41, 5.74) is 2.65. The molecule has 0 aromatic heterocycles. The molecule has 0 radical (unpaired) electrons. The van der Waals surface area contributed by atoms with Gasteiger partial charge in [0.15, 0.2) is 0 Å². The van der Waals surface area contributed by atoms with Gasteiger partial charge in [-0.3, -0.25) is 0 Å². The number of ether oxygens (including phenoxy) is 2. The molecular formula is C17H27NO2. The van der Waals surface area contributed by atoms with Gasteiger partial charge in [-0.05, 0) is 45.2 Å². The third kappa shape index (κ3) is 5.23. The fraction of sp³-hybridized carbons (Fsp3) is 0.647. The number of aryl methyl sites for hydroxylation is 1. The van der Waals surface area contributed by atoms with Crippen molar-refractivity contribution in [1.29, 1.82) is 0 Å². The predicted molar refractivity (Wildman–Crippen MR) is 82.0 cm³/mol. The van der Waals surface area contributed by atoms with Crippen molar-refractivity contribution in [2.75, 3.05) is 26.4 Å². The lowest BCUT2D eigenvalue weighted by Crippen LogP contribution is -2.22. The summed E-state index contributed by atoms with van der Waals surface area (Å²) in [6.07, 6.45) is 3.73. The van der Waals surface area contributed by atoms with Gasteiger partial charge in [0.25, 0.3) is 0 Å². The SMILES string of the molecule is Cc1ccc(C(C)NCCCOCC2CCCO2)cc1. The van der Waals surface area contributed by atoms with Crippen molar-refractivity contribution in [2.24, 2.45) is 0 Å². The Morgan fingerprint density at radius 2 is 2.15 bits per heavy atom. The van der Waals surface area contributed by atoms with Gasteiger partial charge in [-0.1, -0.05) is 29.8 Å². The maximum absolute atomic E-state index is 5.66. The number of hydrogen-bond donors (Lipinski definition) is 1. The zero-order chi connectivity index (χ0) is 14.2. The molecule has 3 heteroatoms. The van der Waals surface area contributed by atoms with Crippen molar-refractivity contribution in [1.82, 2.24) is 5.32 Å². The minimum Gasteiger partial charge on any atom is -0.379 e. The standard InChI is InChI=1S/C17H27NO2/c1-14-6-8-16(9-7-14)15(2)18-10-4-11-19-13-17-5-3-12-20-17/h6-9,15,17-18H,3-5,10-13H2,1-2H3. The molecule has 2 rings (SSSR count). The molecule has 3 nitrogen and oxygen atoms in total. The third-order valence-corrected chi connectivity index (χ3v) is 3.82. The molecular weight excluding hydrogens is 250 g/mol. The molecule has 1 aromatic carbocycles. The average molecular weight is 277 g/mol. The first-order valence-electron chi connectivity index (χ1n) is 7.75. The molecule has 0 saturated carbocycles. The molecule has 1 aromatic rings. The summed E-state index contributed by atoms with van der Waals surface area (Å²) in [5, 5.41) is 3.54. The van der Waals surface area contributed by atoms with E-state index < -0.39 is 0 Å². The molecule has 1 N–H and O–H groups in total. The summed E-state index contributed by atoms with van der Waals surface area (Å²) in [5.74, 6) is 0. The zero-order valence-electron chi connectivity index (χ0n) is 12.7. The Morgan fingerprint density at radius 3 is 2.85 bits per heavy atom. The van der Waals surface area contributed by atoms with Crippen molar-refractivity contribution in [3.8, 4) is 0 Å². The number of nitrogens with one attached hydrogen (secondary N) is 1. The Bertz CT molecular complexity index is 371. The van der Waals surface area contributed by atoms with Crippen LogP contribution in [0.3, 0.4) is 0 Å². The Labute approximate surface area is 122 Å². The highest BCUT2D eigenvalue weighted by Crippen LogP contribution is 2.13. The van der Waals surface area contributed by atoms with Crippen LogP contribution in [0.5, 0.6) is 0 Å². The monoisotopic (exact) mass is 277 g/mol. The third-order valence-electron chi connectivity index (χ3n) is 3.82. The van der Waals surface area contributed by atoms with Crippen LogP contribution in [-0.4, -0.2) is 32.5 Å². The molecule has 2 unspecified atom stereocenters. The number of benzene rings is 1. The molecule has 1 aliphatic heterocycles. The smallest absolute Gasteiger partial charge is 0.0809 e. The topological polar surface area (TPSA) is 30.5 Å². The van der Waals surface area contributed by atoms with Crippen LogP contribution in [-0.2, 0) is 9.47 Å². The highest BCUT2D eigenvalue weighted by molar-refractivity contribution is 5.23. The first-order chi connectivity index (χ1) is 9.75. The summed E-state index contributed by atoms with van der Waals surface area (Å²) < 4.78 is 11.2. The molecule has 0 amide bonds. The molecule has 1 fully saturated rings. The van der Waals surface area contributed by atoms with E-state index in [1.165, 1.54) is 17.5 Å². The average Bonchev–Trinajstić information content (AvgIpc) is 2.96. The van der Waals surface area contributed by atoms with Crippen LogP contribution in [0.25, 0.3) is 0 Å².